The highest BCUT2D eigenvalue weighted by molar-refractivity contribution is 7.13. The van der Waals surface area contributed by atoms with Crippen LogP contribution in [-0.4, -0.2) is 4.98 Å². The molecule has 2 rings (SSSR count). The van der Waals surface area contributed by atoms with Crippen LogP contribution < -0.4 is 5.73 Å². The average molecular weight is 312 g/mol. The molecule has 1 aromatic carbocycles. The molecule has 2 aromatic rings. The highest BCUT2D eigenvalue weighted by atomic mass is 32.1. The van der Waals surface area contributed by atoms with Gasteiger partial charge in [0.2, 0.25) is 0 Å². The molecular weight excluding hydrogens is 306 g/mol. The molecule has 0 unspecified atom stereocenters. The maximum Gasteiger partial charge on any atom is 0.417 e. The summed E-state index contributed by atoms with van der Waals surface area (Å²) in [5.41, 5.74) is 2.03. The smallest absolute Gasteiger partial charge is 0.375 e. The molecule has 2 nitrogen and oxygen atoms in total. The fraction of sp³-hybridized carbons (Fsp3) is 0.182. The largest absolute Gasteiger partial charge is 0.417 e. The van der Waals surface area contributed by atoms with Gasteiger partial charge in [0.15, 0.2) is 5.13 Å². The van der Waals surface area contributed by atoms with Crippen molar-refractivity contribution in [2.24, 2.45) is 0 Å². The maximum absolute atomic E-state index is 12.9. The fourth-order valence-corrected chi connectivity index (χ4v) is 2.15. The number of hydrogen-bond donors (Lipinski definition) is 1. The van der Waals surface area contributed by atoms with Gasteiger partial charge in [0, 0.05) is 10.9 Å². The van der Waals surface area contributed by atoms with Gasteiger partial charge in [-0.15, -0.1) is 11.3 Å². The second kappa shape index (κ2) is 4.65. The van der Waals surface area contributed by atoms with Gasteiger partial charge in [-0.05, 0) is 12.1 Å². The molecule has 0 radical (unpaired) electrons. The second-order valence-electron chi connectivity index (χ2n) is 3.83. The van der Waals surface area contributed by atoms with Crippen LogP contribution in [0.25, 0.3) is 11.3 Å². The summed E-state index contributed by atoms with van der Waals surface area (Å²) in [6.45, 7) is 0. The summed E-state index contributed by atoms with van der Waals surface area (Å²) in [4.78, 5) is 3.66. The Morgan fingerprint density at radius 3 is 2.10 bits per heavy atom. The standard InChI is InChI=1S/C11H6F6N2S/c12-10(13,14)5-1-2-6(7(3-5)11(15,16)17)8-4-20-9(18)19-8/h1-4H,(H2,18,19). The van der Waals surface area contributed by atoms with E-state index in [0.717, 1.165) is 17.4 Å². The molecule has 0 fully saturated rings. The lowest BCUT2D eigenvalue weighted by Crippen LogP contribution is -2.12. The third-order valence-electron chi connectivity index (χ3n) is 2.45. The number of aromatic nitrogens is 1. The van der Waals surface area contributed by atoms with Crippen LogP contribution >= 0.6 is 11.3 Å². The average Bonchev–Trinajstić information content (AvgIpc) is 2.72. The third kappa shape index (κ3) is 2.87. The van der Waals surface area contributed by atoms with E-state index in [9.17, 15) is 26.3 Å². The van der Waals surface area contributed by atoms with E-state index < -0.39 is 29.0 Å². The zero-order chi connectivity index (χ0) is 15.1. The minimum atomic E-state index is -4.92. The van der Waals surface area contributed by atoms with Crippen LogP contribution in [0.2, 0.25) is 0 Å². The van der Waals surface area contributed by atoms with Crippen LogP contribution in [0.5, 0.6) is 0 Å². The summed E-state index contributed by atoms with van der Waals surface area (Å²) in [6, 6.07) is 1.41. The van der Waals surface area contributed by atoms with Gasteiger partial charge in [0.25, 0.3) is 0 Å². The van der Waals surface area contributed by atoms with Crippen LogP contribution in [0.4, 0.5) is 31.5 Å². The molecule has 0 atom stereocenters. The van der Waals surface area contributed by atoms with E-state index in [1.54, 1.807) is 0 Å². The van der Waals surface area contributed by atoms with Gasteiger partial charge < -0.3 is 5.73 Å². The number of nitrogen functional groups attached to an aromatic ring is 1. The molecule has 1 heterocycles. The SMILES string of the molecule is Nc1nc(-c2ccc(C(F)(F)F)cc2C(F)(F)F)cs1. The lowest BCUT2D eigenvalue weighted by molar-refractivity contribution is -0.142. The van der Waals surface area contributed by atoms with Gasteiger partial charge in [-0.3, -0.25) is 0 Å². The normalized spacial score (nSPS) is 12.7. The monoisotopic (exact) mass is 312 g/mol. The van der Waals surface area contributed by atoms with Crippen LogP contribution in [0.15, 0.2) is 23.6 Å². The molecule has 0 saturated carbocycles. The van der Waals surface area contributed by atoms with Gasteiger partial charge in [-0.1, -0.05) is 6.07 Å². The predicted octanol–water partition coefficient (Wildman–Crippen LogP) is 4.43. The van der Waals surface area contributed by atoms with E-state index in [1.807, 2.05) is 0 Å². The second-order valence-corrected chi connectivity index (χ2v) is 4.72. The lowest BCUT2D eigenvalue weighted by Gasteiger charge is -2.14. The van der Waals surface area contributed by atoms with E-state index in [0.29, 0.717) is 6.07 Å². The van der Waals surface area contributed by atoms with E-state index in [-0.39, 0.29) is 16.9 Å². The van der Waals surface area contributed by atoms with Gasteiger partial charge in [0.05, 0.1) is 16.8 Å². The van der Waals surface area contributed by atoms with Crippen molar-refractivity contribution in [3.8, 4) is 11.3 Å². The first-order valence-corrected chi connectivity index (χ1v) is 5.97. The summed E-state index contributed by atoms with van der Waals surface area (Å²) >= 11 is 0.905. The predicted molar refractivity (Wildman–Crippen MR) is 62.0 cm³/mol. The Hall–Kier alpha value is -1.77. The third-order valence-corrected chi connectivity index (χ3v) is 3.12. The summed E-state index contributed by atoms with van der Waals surface area (Å²) in [6.07, 6.45) is -9.77. The Kier molecular flexibility index (Phi) is 3.41. The zero-order valence-corrected chi connectivity index (χ0v) is 10.3. The minimum absolute atomic E-state index is 0.0352. The van der Waals surface area contributed by atoms with Crippen LogP contribution in [0, 0.1) is 0 Å². The van der Waals surface area contributed by atoms with Crippen LogP contribution in [-0.2, 0) is 12.4 Å². The molecule has 0 amide bonds. The van der Waals surface area contributed by atoms with E-state index in [1.165, 1.54) is 5.38 Å². The first kappa shape index (κ1) is 14.6. The highest BCUT2D eigenvalue weighted by Crippen LogP contribution is 2.41. The van der Waals surface area contributed by atoms with Gasteiger partial charge in [-0.25, -0.2) is 4.98 Å². The molecule has 0 spiro atoms. The molecule has 9 heteroatoms. The number of rotatable bonds is 1. The number of halogens is 6. The van der Waals surface area contributed by atoms with Crippen molar-refractivity contribution >= 4 is 16.5 Å². The number of hydrogen-bond acceptors (Lipinski definition) is 3. The van der Waals surface area contributed by atoms with Crippen molar-refractivity contribution in [1.82, 2.24) is 4.98 Å². The summed E-state index contributed by atoms with van der Waals surface area (Å²) in [5.74, 6) is 0. The fourth-order valence-electron chi connectivity index (χ4n) is 1.59. The summed E-state index contributed by atoms with van der Waals surface area (Å²) < 4.78 is 76.1. The van der Waals surface area contributed by atoms with Crippen LogP contribution in [0.1, 0.15) is 11.1 Å². The van der Waals surface area contributed by atoms with E-state index in [4.69, 9.17) is 5.73 Å². The first-order valence-electron chi connectivity index (χ1n) is 5.09. The molecule has 2 N–H and O–H groups in total. The number of benzene rings is 1. The molecule has 0 aliphatic heterocycles. The van der Waals surface area contributed by atoms with Gasteiger partial charge in [-0.2, -0.15) is 26.3 Å². The van der Waals surface area contributed by atoms with Crippen molar-refractivity contribution in [3.05, 3.63) is 34.7 Å². The quantitative estimate of drug-likeness (QED) is 0.791. The van der Waals surface area contributed by atoms with Crippen molar-refractivity contribution in [2.45, 2.75) is 12.4 Å². The molecule has 0 aliphatic carbocycles. The van der Waals surface area contributed by atoms with Crippen molar-refractivity contribution in [3.63, 3.8) is 0 Å². The minimum Gasteiger partial charge on any atom is -0.375 e. The molecular formula is C11H6F6N2S. The van der Waals surface area contributed by atoms with Gasteiger partial charge in [0.1, 0.15) is 0 Å². The topological polar surface area (TPSA) is 38.9 Å². The zero-order valence-electron chi connectivity index (χ0n) is 9.51. The van der Waals surface area contributed by atoms with Crippen LogP contribution in [0.3, 0.4) is 0 Å². The van der Waals surface area contributed by atoms with E-state index in [2.05, 4.69) is 4.98 Å². The Morgan fingerprint density at radius 1 is 1.00 bits per heavy atom. The first-order chi connectivity index (χ1) is 9.09. The summed E-state index contributed by atoms with van der Waals surface area (Å²) in [5, 5.41) is 1.29. The molecule has 0 saturated heterocycles. The van der Waals surface area contributed by atoms with Crippen molar-refractivity contribution in [1.29, 1.82) is 0 Å². The Bertz CT molecular complexity index is 629. The number of alkyl halides is 6. The van der Waals surface area contributed by atoms with Crippen molar-refractivity contribution in [2.75, 3.05) is 5.73 Å². The number of nitrogens with two attached hydrogens (primary N) is 1. The molecule has 20 heavy (non-hydrogen) atoms. The number of anilines is 1. The summed E-state index contributed by atoms with van der Waals surface area (Å²) in [7, 11) is 0. The van der Waals surface area contributed by atoms with E-state index >= 15 is 0 Å². The Balaban J connectivity index is 2.64. The maximum atomic E-state index is 12.9. The molecule has 0 bridgehead atoms. The van der Waals surface area contributed by atoms with Gasteiger partial charge >= 0.3 is 12.4 Å². The number of thiazole rings is 1. The number of nitrogens with zero attached hydrogens (tertiary/aromatic N) is 1. The molecule has 108 valence electrons. The van der Waals surface area contributed by atoms with Crippen molar-refractivity contribution < 1.29 is 26.3 Å². The Morgan fingerprint density at radius 2 is 1.65 bits per heavy atom. The molecule has 0 aliphatic rings. The lowest BCUT2D eigenvalue weighted by atomic mass is 10.0. The Labute approximate surface area is 112 Å². The highest BCUT2D eigenvalue weighted by Gasteiger charge is 2.38. The molecule has 1 aromatic heterocycles.